The fourth-order valence-electron chi connectivity index (χ4n) is 2.23. The molecular weight excluding hydrogens is 319 g/mol. The number of benzene rings is 1. The molecule has 0 aliphatic carbocycles. The highest BCUT2D eigenvalue weighted by Crippen LogP contribution is 2.21. The molecule has 1 aromatic carbocycles. The minimum atomic E-state index is -0.537. The first-order chi connectivity index (χ1) is 11.0. The number of hydrogen-bond acceptors (Lipinski definition) is 3. The van der Waals surface area contributed by atoms with Crippen LogP contribution in [0.4, 0.5) is 10.1 Å². The molecule has 0 saturated carbocycles. The van der Waals surface area contributed by atoms with Gasteiger partial charge in [0.15, 0.2) is 5.65 Å². The fraction of sp³-hybridized carbons (Fsp3) is 0.188. The molecule has 1 amide bonds. The molecule has 2 aromatic heterocycles. The van der Waals surface area contributed by atoms with Crippen molar-refractivity contribution in [2.75, 3.05) is 5.32 Å². The van der Waals surface area contributed by atoms with E-state index in [0.717, 1.165) is 5.69 Å². The maximum Gasteiger partial charge on any atom is 0.274 e. The zero-order valence-electron chi connectivity index (χ0n) is 12.5. The Hall–Kier alpha value is -2.47. The molecule has 0 bridgehead atoms. The van der Waals surface area contributed by atoms with Crippen molar-refractivity contribution in [2.24, 2.45) is 0 Å². The van der Waals surface area contributed by atoms with Gasteiger partial charge in [0.2, 0.25) is 0 Å². The minimum absolute atomic E-state index is 0.0510. The lowest BCUT2D eigenvalue weighted by Gasteiger charge is -2.11. The molecule has 0 aliphatic heterocycles. The molecule has 2 heterocycles. The van der Waals surface area contributed by atoms with E-state index in [4.69, 9.17) is 11.6 Å². The molecule has 0 aliphatic rings. The molecule has 0 unspecified atom stereocenters. The van der Waals surface area contributed by atoms with Crippen LogP contribution >= 0.6 is 11.6 Å². The van der Waals surface area contributed by atoms with E-state index in [9.17, 15) is 9.18 Å². The Morgan fingerprint density at radius 2 is 2.09 bits per heavy atom. The van der Waals surface area contributed by atoms with Crippen molar-refractivity contribution in [3.63, 3.8) is 0 Å². The minimum Gasteiger partial charge on any atom is -0.321 e. The molecule has 0 fully saturated rings. The van der Waals surface area contributed by atoms with Crippen molar-refractivity contribution in [3.05, 3.63) is 58.8 Å². The number of nitrogens with zero attached hydrogens (tertiary/aromatic N) is 3. The van der Waals surface area contributed by atoms with Crippen molar-refractivity contribution in [3.8, 4) is 0 Å². The van der Waals surface area contributed by atoms with Gasteiger partial charge in [0, 0.05) is 17.4 Å². The summed E-state index contributed by atoms with van der Waals surface area (Å²) < 4.78 is 14.9. The zero-order chi connectivity index (χ0) is 16.6. The van der Waals surface area contributed by atoms with E-state index in [0.29, 0.717) is 11.3 Å². The number of fused-ring (bicyclic) bond motifs is 1. The molecule has 7 heteroatoms. The lowest BCUT2D eigenvalue weighted by molar-refractivity contribution is 0.102. The van der Waals surface area contributed by atoms with Crippen LogP contribution in [-0.4, -0.2) is 20.5 Å². The average molecular weight is 333 g/mol. The summed E-state index contributed by atoms with van der Waals surface area (Å²) in [6, 6.07) is 7.43. The number of amides is 1. The SMILES string of the molecule is CC(C)c1cc(C(=O)Nc2ccc(F)c(Cl)c2)nc2ccnn12. The molecule has 0 spiro atoms. The van der Waals surface area contributed by atoms with Crippen LogP contribution in [0.5, 0.6) is 0 Å². The Morgan fingerprint density at radius 3 is 2.78 bits per heavy atom. The van der Waals surface area contributed by atoms with Crippen LogP contribution in [0.15, 0.2) is 36.5 Å². The Bertz CT molecular complexity index is 891. The van der Waals surface area contributed by atoms with Gasteiger partial charge in [0.05, 0.1) is 11.2 Å². The van der Waals surface area contributed by atoms with E-state index in [1.165, 1.54) is 18.2 Å². The highest BCUT2D eigenvalue weighted by molar-refractivity contribution is 6.31. The number of rotatable bonds is 3. The standard InChI is InChI=1S/C16H14ClFN4O/c1-9(2)14-8-13(21-15-5-6-19-22(14)15)16(23)20-10-3-4-12(18)11(17)7-10/h3-9H,1-2H3,(H,20,23). The van der Waals surface area contributed by atoms with E-state index in [-0.39, 0.29) is 16.6 Å². The van der Waals surface area contributed by atoms with Crippen LogP contribution in [0.25, 0.3) is 5.65 Å². The van der Waals surface area contributed by atoms with Gasteiger partial charge in [-0.05, 0) is 30.2 Å². The first-order valence-corrected chi connectivity index (χ1v) is 7.44. The third-order valence-electron chi connectivity index (χ3n) is 3.39. The van der Waals surface area contributed by atoms with E-state index < -0.39 is 11.7 Å². The molecule has 118 valence electrons. The quantitative estimate of drug-likeness (QED) is 0.791. The van der Waals surface area contributed by atoms with Gasteiger partial charge in [-0.3, -0.25) is 4.79 Å². The van der Waals surface area contributed by atoms with Crippen molar-refractivity contribution < 1.29 is 9.18 Å². The highest BCUT2D eigenvalue weighted by atomic mass is 35.5. The lowest BCUT2D eigenvalue weighted by atomic mass is 10.1. The zero-order valence-corrected chi connectivity index (χ0v) is 13.3. The Kier molecular flexibility index (Phi) is 4.00. The predicted octanol–water partition coefficient (Wildman–Crippen LogP) is 3.90. The number of carbonyl (C=O) groups excluding carboxylic acids is 1. The van der Waals surface area contributed by atoms with Crippen LogP contribution in [0.1, 0.15) is 35.9 Å². The molecule has 23 heavy (non-hydrogen) atoms. The summed E-state index contributed by atoms with van der Waals surface area (Å²) >= 11 is 5.72. The summed E-state index contributed by atoms with van der Waals surface area (Å²) in [6.07, 6.45) is 1.63. The van der Waals surface area contributed by atoms with Crippen LogP contribution < -0.4 is 5.32 Å². The van der Waals surface area contributed by atoms with Crippen molar-refractivity contribution >= 4 is 28.8 Å². The Labute approximate surface area is 137 Å². The number of anilines is 1. The van der Waals surface area contributed by atoms with Crippen LogP contribution in [0.3, 0.4) is 0 Å². The second-order valence-corrected chi connectivity index (χ2v) is 5.81. The smallest absolute Gasteiger partial charge is 0.274 e. The van der Waals surface area contributed by atoms with Crippen LogP contribution in [0, 0.1) is 5.82 Å². The molecule has 1 N–H and O–H groups in total. The van der Waals surface area contributed by atoms with Crippen molar-refractivity contribution in [1.29, 1.82) is 0 Å². The number of aromatic nitrogens is 3. The molecule has 5 nitrogen and oxygen atoms in total. The second-order valence-electron chi connectivity index (χ2n) is 5.41. The van der Waals surface area contributed by atoms with Gasteiger partial charge in [-0.15, -0.1) is 0 Å². The molecule has 0 saturated heterocycles. The number of carbonyl (C=O) groups is 1. The average Bonchev–Trinajstić information content (AvgIpc) is 2.98. The molecule has 3 rings (SSSR count). The van der Waals surface area contributed by atoms with Gasteiger partial charge >= 0.3 is 0 Å². The molecule has 3 aromatic rings. The maximum atomic E-state index is 13.2. The van der Waals surface area contributed by atoms with Gasteiger partial charge in [0.1, 0.15) is 11.5 Å². The van der Waals surface area contributed by atoms with E-state index in [2.05, 4.69) is 15.4 Å². The largest absolute Gasteiger partial charge is 0.321 e. The highest BCUT2D eigenvalue weighted by Gasteiger charge is 2.15. The third kappa shape index (κ3) is 3.03. The summed E-state index contributed by atoms with van der Waals surface area (Å²) in [7, 11) is 0. The molecule has 0 atom stereocenters. The van der Waals surface area contributed by atoms with Crippen LogP contribution in [-0.2, 0) is 0 Å². The lowest BCUT2D eigenvalue weighted by Crippen LogP contribution is -2.16. The van der Waals surface area contributed by atoms with Crippen molar-refractivity contribution in [2.45, 2.75) is 19.8 Å². The monoisotopic (exact) mass is 332 g/mol. The summed E-state index contributed by atoms with van der Waals surface area (Å²) in [6.45, 7) is 4.02. The Morgan fingerprint density at radius 1 is 1.30 bits per heavy atom. The fourth-order valence-corrected chi connectivity index (χ4v) is 2.41. The number of hydrogen-bond donors (Lipinski definition) is 1. The molecule has 0 radical (unpaired) electrons. The van der Waals surface area contributed by atoms with E-state index >= 15 is 0 Å². The van der Waals surface area contributed by atoms with Gasteiger partial charge in [-0.2, -0.15) is 5.10 Å². The van der Waals surface area contributed by atoms with Gasteiger partial charge in [0.25, 0.3) is 5.91 Å². The van der Waals surface area contributed by atoms with Crippen molar-refractivity contribution in [1.82, 2.24) is 14.6 Å². The topological polar surface area (TPSA) is 59.3 Å². The van der Waals surface area contributed by atoms with Gasteiger partial charge in [-0.1, -0.05) is 25.4 Å². The first-order valence-electron chi connectivity index (χ1n) is 7.07. The third-order valence-corrected chi connectivity index (χ3v) is 3.68. The summed E-state index contributed by atoms with van der Waals surface area (Å²) in [4.78, 5) is 16.7. The van der Waals surface area contributed by atoms with Gasteiger partial charge < -0.3 is 5.32 Å². The maximum absolute atomic E-state index is 13.2. The summed E-state index contributed by atoms with van der Waals surface area (Å²) in [5, 5.41) is 6.83. The Balaban J connectivity index is 1.95. The second kappa shape index (κ2) is 5.96. The summed E-state index contributed by atoms with van der Waals surface area (Å²) in [5.41, 5.74) is 2.14. The van der Waals surface area contributed by atoms with E-state index in [1.54, 1.807) is 22.8 Å². The number of halogens is 2. The van der Waals surface area contributed by atoms with E-state index in [1.807, 2.05) is 13.8 Å². The molecular formula is C16H14ClFN4O. The summed E-state index contributed by atoms with van der Waals surface area (Å²) in [5.74, 6) is -0.754. The normalized spacial score (nSPS) is 11.2. The van der Waals surface area contributed by atoms with Crippen LogP contribution in [0.2, 0.25) is 5.02 Å². The predicted molar refractivity (Wildman–Crippen MR) is 86.4 cm³/mol. The number of nitrogens with one attached hydrogen (secondary N) is 1. The first kappa shape index (κ1) is 15.4. The van der Waals surface area contributed by atoms with Gasteiger partial charge in [-0.25, -0.2) is 13.9 Å².